The number of para-hydroxylation sites is 1. The molecule has 2 fully saturated rings. The quantitative estimate of drug-likeness (QED) is 0.878. The van der Waals surface area contributed by atoms with Crippen molar-refractivity contribution in [1.82, 2.24) is 9.88 Å². The zero-order valence-corrected chi connectivity index (χ0v) is 16.7. The number of nitrogen functional groups attached to an aromatic ring is 1. The number of thiazole rings is 1. The largest absolute Gasteiger partial charge is 0.375 e. The number of likely N-dealkylation sites (N-methyl/N-ethyl adjacent to an activating group) is 1. The number of likely N-dealkylation sites (tertiary alicyclic amines) is 1. The highest BCUT2D eigenvalue weighted by Gasteiger charge is 2.44. The Morgan fingerprint density at radius 3 is 2.67 bits per heavy atom. The normalized spacial score (nSPS) is 21.6. The highest BCUT2D eigenvalue weighted by atomic mass is 32.1. The molecule has 1 aromatic heterocycles. The van der Waals surface area contributed by atoms with Crippen LogP contribution in [0.1, 0.15) is 34.6 Å². The van der Waals surface area contributed by atoms with E-state index >= 15 is 0 Å². The maximum absolute atomic E-state index is 12.8. The molecule has 27 heavy (non-hydrogen) atoms. The second kappa shape index (κ2) is 7.13. The van der Waals surface area contributed by atoms with E-state index in [2.05, 4.69) is 41.2 Å². The molecule has 4 rings (SSSR count). The Labute approximate surface area is 163 Å². The van der Waals surface area contributed by atoms with Gasteiger partial charge < -0.3 is 20.3 Å². The summed E-state index contributed by atoms with van der Waals surface area (Å²) in [5, 5.41) is 0.454. The fourth-order valence-corrected chi connectivity index (χ4v) is 4.97. The Bertz CT molecular complexity index is 815. The van der Waals surface area contributed by atoms with E-state index in [-0.39, 0.29) is 11.5 Å². The lowest BCUT2D eigenvalue weighted by Crippen LogP contribution is -2.47. The van der Waals surface area contributed by atoms with Gasteiger partial charge in [0.25, 0.3) is 5.91 Å². The molecule has 2 aromatic rings. The summed E-state index contributed by atoms with van der Waals surface area (Å²) in [7, 11) is 2.14. The first-order valence-corrected chi connectivity index (χ1v) is 10.2. The molecule has 0 radical (unpaired) electrons. The first-order valence-electron chi connectivity index (χ1n) is 9.41. The molecule has 3 heterocycles. The number of carbonyl (C=O) groups is 1. The SMILES string of the molecule is Cc1nc(N)sc1C(=O)N1CCC2(CC1)C[C@@H](N(C)c1ccccc1)CO2. The summed E-state index contributed by atoms with van der Waals surface area (Å²) in [5.74, 6) is 0.0486. The number of aryl methyl sites for hydroxylation is 1. The van der Waals surface area contributed by atoms with Gasteiger partial charge in [-0.1, -0.05) is 29.5 Å². The van der Waals surface area contributed by atoms with Crippen molar-refractivity contribution < 1.29 is 9.53 Å². The Balaban J connectivity index is 1.38. The van der Waals surface area contributed by atoms with Crippen LogP contribution in [-0.2, 0) is 4.74 Å². The van der Waals surface area contributed by atoms with Crippen molar-refractivity contribution >= 4 is 28.1 Å². The second-order valence-corrected chi connectivity index (χ2v) is 8.59. The molecule has 0 unspecified atom stereocenters. The third kappa shape index (κ3) is 3.53. The molecule has 1 atom stereocenters. The number of hydrogen-bond acceptors (Lipinski definition) is 6. The average molecular weight is 387 g/mol. The molecule has 2 N–H and O–H groups in total. The van der Waals surface area contributed by atoms with E-state index in [4.69, 9.17) is 10.5 Å². The summed E-state index contributed by atoms with van der Waals surface area (Å²) < 4.78 is 6.29. The number of hydrogen-bond donors (Lipinski definition) is 1. The van der Waals surface area contributed by atoms with E-state index in [0.717, 1.165) is 44.7 Å². The van der Waals surface area contributed by atoms with Gasteiger partial charge in [-0.15, -0.1) is 0 Å². The molecule has 2 aliphatic rings. The lowest BCUT2D eigenvalue weighted by atomic mass is 9.87. The van der Waals surface area contributed by atoms with Gasteiger partial charge in [-0.25, -0.2) is 4.98 Å². The van der Waals surface area contributed by atoms with Gasteiger partial charge in [-0.05, 0) is 38.3 Å². The standard InChI is InChI=1S/C20H26N4O2S/c1-14-17(27-19(21)22-14)18(25)24-10-8-20(9-11-24)12-16(13-26-20)23(2)15-6-4-3-5-7-15/h3-7,16H,8-13H2,1-2H3,(H2,21,22)/t16-/m1/s1. The van der Waals surface area contributed by atoms with Crippen molar-refractivity contribution in [3.63, 3.8) is 0 Å². The van der Waals surface area contributed by atoms with Gasteiger partial charge in [0.05, 0.1) is 23.9 Å². The zero-order chi connectivity index (χ0) is 19.0. The number of carbonyl (C=O) groups excluding carboxylic acids is 1. The molecule has 0 bridgehead atoms. The van der Waals surface area contributed by atoms with Crippen molar-refractivity contribution in [2.24, 2.45) is 0 Å². The van der Waals surface area contributed by atoms with Gasteiger partial charge >= 0.3 is 0 Å². The molecule has 6 nitrogen and oxygen atoms in total. The highest BCUT2D eigenvalue weighted by molar-refractivity contribution is 7.17. The third-order valence-electron chi connectivity index (χ3n) is 5.87. The number of piperidine rings is 1. The lowest BCUT2D eigenvalue weighted by Gasteiger charge is -2.39. The molecule has 0 aliphatic carbocycles. The number of amides is 1. The van der Waals surface area contributed by atoms with Crippen LogP contribution in [-0.4, -0.2) is 54.2 Å². The summed E-state index contributed by atoms with van der Waals surface area (Å²) in [6.45, 7) is 4.02. The summed E-state index contributed by atoms with van der Waals surface area (Å²) >= 11 is 1.28. The molecular weight excluding hydrogens is 360 g/mol. The Hall–Kier alpha value is -2.12. The Kier molecular flexibility index (Phi) is 4.82. The molecule has 2 aliphatic heterocycles. The minimum absolute atomic E-state index is 0.0486. The number of anilines is 2. The fraction of sp³-hybridized carbons (Fsp3) is 0.500. The second-order valence-electron chi connectivity index (χ2n) is 7.56. The van der Waals surface area contributed by atoms with Crippen LogP contribution in [0.5, 0.6) is 0 Å². The number of nitrogens with zero attached hydrogens (tertiary/aromatic N) is 3. The van der Waals surface area contributed by atoms with Crippen molar-refractivity contribution in [2.45, 2.75) is 37.8 Å². The van der Waals surface area contributed by atoms with Crippen LogP contribution in [0.4, 0.5) is 10.8 Å². The molecule has 144 valence electrons. The first-order chi connectivity index (χ1) is 13.0. The topological polar surface area (TPSA) is 71.7 Å². The van der Waals surface area contributed by atoms with Crippen LogP contribution in [0.15, 0.2) is 30.3 Å². The summed E-state index contributed by atoms with van der Waals surface area (Å²) in [4.78, 5) is 21.9. The predicted octanol–water partition coefficient (Wildman–Crippen LogP) is 2.93. The van der Waals surface area contributed by atoms with Gasteiger partial charge in [-0.2, -0.15) is 0 Å². The zero-order valence-electron chi connectivity index (χ0n) is 15.9. The van der Waals surface area contributed by atoms with Gasteiger partial charge in [0.2, 0.25) is 0 Å². The molecule has 1 aromatic carbocycles. The molecule has 2 saturated heterocycles. The third-order valence-corrected chi connectivity index (χ3v) is 6.84. The van der Waals surface area contributed by atoms with Crippen LogP contribution in [0, 0.1) is 6.92 Å². The summed E-state index contributed by atoms with van der Waals surface area (Å²) in [6.07, 6.45) is 2.77. The van der Waals surface area contributed by atoms with Crippen molar-refractivity contribution in [2.75, 3.05) is 37.4 Å². The van der Waals surface area contributed by atoms with Crippen LogP contribution in [0.3, 0.4) is 0 Å². The molecule has 1 amide bonds. The molecule has 1 spiro atoms. The summed E-state index contributed by atoms with van der Waals surface area (Å²) in [6, 6.07) is 10.8. The minimum Gasteiger partial charge on any atom is -0.375 e. The Morgan fingerprint density at radius 2 is 2.04 bits per heavy atom. The number of rotatable bonds is 3. The van der Waals surface area contributed by atoms with E-state index in [1.807, 2.05) is 17.9 Å². The van der Waals surface area contributed by atoms with E-state index < -0.39 is 0 Å². The van der Waals surface area contributed by atoms with Gasteiger partial charge in [0.15, 0.2) is 5.13 Å². The number of ether oxygens (including phenoxy) is 1. The number of aromatic nitrogens is 1. The molecule has 7 heteroatoms. The number of nitrogens with two attached hydrogens (primary N) is 1. The van der Waals surface area contributed by atoms with Gasteiger partial charge in [0, 0.05) is 25.8 Å². The van der Waals surface area contributed by atoms with E-state index in [9.17, 15) is 4.79 Å². The van der Waals surface area contributed by atoms with Crippen LogP contribution >= 0.6 is 11.3 Å². The van der Waals surface area contributed by atoms with E-state index in [1.165, 1.54) is 17.0 Å². The van der Waals surface area contributed by atoms with Crippen LogP contribution in [0.25, 0.3) is 0 Å². The van der Waals surface area contributed by atoms with E-state index in [0.29, 0.717) is 16.1 Å². The minimum atomic E-state index is -0.105. The fourth-order valence-electron chi connectivity index (χ4n) is 4.17. The maximum atomic E-state index is 12.8. The number of benzene rings is 1. The van der Waals surface area contributed by atoms with Crippen LogP contribution < -0.4 is 10.6 Å². The highest BCUT2D eigenvalue weighted by Crippen LogP contribution is 2.39. The van der Waals surface area contributed by atoms with Crippen LogP contribution in [0.2, 0.25) is 0 Å². The van der Waals surface area contributed by atoms with E-state index in [1.54, 1.807) is 0 Å². The van der Waals surface area contributed by atoms with Gasteiger partial charge in [0.1, 0.15) is 4.88 Å². The van der Waals surface area contributed by atoms with Crippen molar-refractivity contribution in [3.05, 3.63) is 40.9 Å². The maximum Gasteiger partial charge on any atom is 0.265 e. The Morgan fingerprint density at radius 1 is 1.33 bits per heavy atom. The van der Waals surface area contributed by atoms with Crippen molar-refractivity contribution in [3.8, 4) is 0 Å². The molecule has 0 saturated carbocycles. The van der Waals surface area contributed by atoms with Crippen molar-refractivity contribution in [1.29, 1.82) is 0 Å². The lowest BCUT2D eigenvalue weighted by molar-refractivity contribution is -0.0388. The molecular formula is C20H26N4O2S. The first kappa shape index (κ1) is 18.3. The monoisotopic (exact) mass is 386 g/mol. The van der Waals surface area contributed by atoms with Gasteiger partial charge in [-0.3, -0.25) is 4.79 Å². The average Bonchev–Trinajstić information content (AvgIpc) is 3.25. The predicted molar refractivity (Wildman–Crippen MR) is 108 cm³/mol. The summed E-state index contributed by atoms with van der Waals surface area (Å²) in [5.41, 5.74) is 7.58. The smallest absolute Gasteiger partial charge is 0.265 e.